The van der Waals surface area contributed by atoms with Crippen molar-refractivity contribution in [3.8, 4) is 0 Å². The monoisotopic (exact) mass is 226 g/mol. The Morgan fingerprint density at radius 2 is 1.35 bits per heavy atom. The lowest BCUT2D eigenvalue weighted by atomic mass is 10.1. The summed E-state index contributed by atoms with van der Waals surface area (Å²) < 4.78 is 5.83. The van der Waals surface area contributed by atoms with E-state index < -0.39 is 0 Å². The van der Waals surface area contributed by atoms with Crippen LogP contribution in [-0.4, -0.2) is 6.10 Å². The van der Waals surface area contributed by atoms with E-state index in [1.165, 1.54) is 11.1 Å². The molecular weight excluding hydrogens is 208 g/mol. The van der Waals surface area contributed by atoms with Crippen molar-refractivity contribution >= 4 is 0 Å². The molecule has 17 heavy (non-hydrogen) atoms. The fraction of sp³-hybridized carbons (Fsp3) is 0.250. The van der Waals surface area contributed by atoms with Crippen molar-refractivity contribution < 1.29 is 4.74 Å². The van der Waals surface area contributed by atoms with Gasteiger partial charge in [0.15, 0.2) is 0 Å². The smallest absolute Gasteiger partial charge is 0.0720 e. The maximum Gasteiger partial charge on any atom is 0.0720 e. The quantitative estimate of drug-likeness (QED) is 0.752. The second kappa shape index (κ2) is 6.21. The summed E-state index contributed by atoms with van der Waals surface area (Å²) in [7, 11) is 0. The maximum absolute atomic E-state index is 5.83. The molecule has 0 bridgehead atoms. The number of rotatable bonds is 5. The summed E-state index contributed by atoms with van der Waals surface area (Å²) in [5.41, 5.74) is 2.56. The Labute approximate surface area is 103 Å². The Morgan fingerprint density at radius 1 is 0.824 bits per heavy atom. The molecule has 1 atom stereocenters. The standard InChI is InChI=1S/C16H18O/c1-14(12-15-8-4-2-5-9-15)17-13-16-10-6-3-7-11-16/h2-11,14H,12-13H2,1H3. The fourth-order valence-corrected chi connectivity index (χ4v) is 1.82. The van der Waals surface area contributed by atoms with Crippen molar-refractivity contribution in [2.45, 2.75) is 26.1 Å². The van der Waals surface area contributed by atoms with E-state index >= 15 is 0 Å². The third-order valence-electron chi connectivity index (χ3n) is 2.74. The van der Waals surface area contributed by atoms with Crippen LogP contribution in [0.1, 0.15) is 18.1 Å². The summed E-state index contributed by atoms with van der Waals surface area (Å²) in [6.45, 7) is 2.81. The van der Waals surface area contributed by atoms with Gasteiger partial charge in [-0.1, -0.05) is 60.7 Å². The first-order valence-electron chi connectivity index (χ1n) is 6.04. The van der Waals surface area contributed by atoms with Gasteiger partial charge in [-0.05, 0) is 24.5 Å². The van der Waals surface area contributed by atoms with Crippen LogP contribution in [0.2, 0.25) is 0 Å². The largest absolute Gasteiger partial charge is 0.373 e. The molecule has 0 fully saturated rings. The van der Waals surface area contributed by atoms with Gasteiger partial charge in [0.05, 0.1) is 12.7 Å². The topological polar surface area (TPSA) is 9.23 Å². The molecule has 0 radical (unpaired) electrons. The number of ether oxygens (including phenoxy) is 1. The van der Waals surface area contributed by atoms with Crippen molar-refractivity contribution in [1.29, 1.82) is 0 Å². The van der Waals surface area contributed by atoms with Gasteiger partial charge in [-0.15, -0.1) is 0 Å². The molecule has 2 aromatic rings. The second-order valence-corrected chi connectivity index (χ2v) is 4.30. The average Bonchev–Trinajstić information content (AvgIpc) is 2.39. The highest BCUT2D eigenvalue weighted by molar-refractivity contribution is 5.16. The van der Waals surface area contributed by atoms with E-state index in [2.05, 4.69) is 43.3 Å². The Bertz CT molecular complexity index is 422. The summed E-state index contributed by atoms with van der Waals surface area (Å²) in [4.78, 5) is 0. The summed E-state index contributed by atoms with van der Waals surface area (Å²) in [6, 6.07) is 20.8. The molecule has 2 aromatic carbocycles. The van der Waals surface area contributed by atoms with Gasteiger partial charge in [-0.25, -0.2) is 0 Å². The molecule has 0 aliphatic carbocycles. The highest BCUT2D eigenvalue weighted by Crippen LogP contribution is 2.08. The fourth-order valence-electron chi connectivity index (χ4n) is 1.82. The van der Waals surface area contributed by atoms with Crippen LogP contribution in [0.4, 0.5) is 0 Å². The summed E-state index contributed by atoms with van der Waals surface area (Å²) in [5, 5.41) is 0. The van der Waals surface area contributed by atoms with Gasteiger partial charge in [-0.2, -0.15) is 0 Å². The van der Waals surface area contributed by atoms with Gasteiger partial charge < -0.3 is 4.74 Å². The Balaban J connectivity index is 1.80. The van der Waals surface area contributed by atoms with Crippen LogP contribution in [-0.2, 0) is 17.8 Å². The molecule has 2 rings (SSSR count). The van der Waals surface area contributed by atoms with Gasteiger partial charge in [0.25, 0.3) is 0 Å². The zero-order chi connectivity index (χ0) is 11.9. The lowest BCUT2D eigenvalue weighted by Gasteiger charge is -2.13. The van der Waals surface area contributed by atoms with Gasteiger partial charge >= 0.3 is 0 Å². The predicted molar refractivity (Wildman–Crippen MR) is 70.8 cm³/mol. The Hall–Kier alpha value is -1.60. The maximum atomic E-state index is 5.83. The van der Waals surface area contributed by atoms with Crippen LogP contribution < -0.4 is 0 Å². The molecule has 1 heteroatoms. The molecule has 88 valence electrons. The molecule has 0 aromatic heterocycles. The van der Waals surface area contributed by atoms with E-state index in [1.54, 1.807) is 0 Å². The number of hydrogen-bond donors (Lipinski definition) is 0. The first-order chi connectivity index (χ1) is 8.34. The minimum Gasteiger partial charge on any atom is -0.373 e. The summed E-state index contributed by atoms with van der Waals surface area (Å²) in [6.07, 6.45) is 1.21. The molecule has 0 aliphatic heterocycles. The molecule has 0 N–H and O–H groups in total. The van der Waals surface area contributed by atoms with E-state index in [-0.39, 0.29) is 6.10 Å². The first-order valence-corrected chi connectivity index (χ1v) is 6.04. The molecule has 0 aliphatic rings. The minimum atomic E-state index is 0.248. The zero-order valence-electron chi connectivity index (χ0n) is 10.2. The number of benzene rings is 2. The van der Waals surface area contributed by atoms with Gasteiger partial charge in [0.1, 0.15) is 0 Å². The summed E-state index contributed by atoms with van der Waals surface area (Å²) in [5.74, 6) is 0. The van der Waals surface area contributed by atoms with Crippen LogP contribution in [0, 0.1) is 0 Å². The van der Waals surface area contributed by atoms with Crippen LogP contribution in [0.15, 0.2) is 60.7 Å². The summed E-state index contributed by atoms with van der Waals surface area (Å²) >= 11 is 0. The lowest BCUT2D eigenvalue weighted by Crippen LogP contribution is -2.11. The highest BCUT2D eigenvalue weighted by Gasteiger charge is 2.03. The third-order valence-corrected chi connectivity index (χ3v) is 2.74. The van der Waals surface area contributed by atoms with Crippen molar-refractivity contribution in [3.63, 3.8) is 0 Å². The SMILES string of the molecule is CC(Cc1ccccc1)OCc1ccccc1. The number of hydrogen-bond acceptors (Lipinski definition) is 1. The van der Waals surface area contributed by atoms with E-state index in [1.807, 2.05) is 24.3 Å². The van der Waals surface area contributed by atoms with Crippen molar-refractivity contribution in [2.24, 2.45) is 0 Å². The molecule has 0 amide bonds. The molecule has 1 unspecified atom stereocenters. The van der Waals surface area contributed by atoms with Crippen molar-refractivity contribution in [1.82, 2.24) is 0 Å². The molecular formula is C16H18O. The third kappa shape index (κ3) is 4.04. The minimum absolute atomic E-state index is 0.248. The molecule has 0 saturated carbocycles. The van der Waals surface area contributed by atoms with Crippen molar-refractivity contribution in [3.05, 3.63) is 71.8 Å². The van der Waals surface area contributed by atoms with Crippen LogP contribution >= 0.6 is 0 Å². The van der Waals surface area contributed by atoms with Crippen LogP contribution in [0.25, 0.3) is 0 Å². The molecule has 1 nitrogen and oxygen atoms in total. The van der Waals surface area contributed by atoms with E-state index in [9.17, 15) is 0 Å². The normalized spacial score (nSPS) is 12.3. The Morgan fingerprint density at radius 3 is 1.94 bits per heavy atom. The Kier molecular flexibility index (Phi) is 4.34. The first kappa shape index (κ1) is 11.9. The van der Waals surface area contributed by atoms with Crippen LogP contribution in [0.3, 0.4) is 0 Å². The molecule has 0 saturated heterocycles. The highest BCUT2D eigenvalue weighted by atomic mass is 16.5. The predicted octanol–water partition coefficient (Wildman–Crippen LogP) is 3.83. The van der Waals surface area contributed by atoms with E-state index in [4.69, 9.17) is 4.74 Å². The lowest BCUT2D eigenvalue weighted by molar-refractivity contribution is 0.0535. The van der Waals surface area contributed by atoms with Gasteiger partial charge in [0, 0.05) is 0 Å². The van der Waals surface area contributed by atoms with E-state index in [0.717, 1.165) is 6.42 Å². The van der Waals surface area contributed by atoms with Gasteiger partial charge in [-0.3, -0.25) is 0 Å². The van der Waals surface area contributed by atoms with Crippen molar-refractivity contribution in [2.75, 3.05) is 0 Å². The second-order valence-electron chi connectivity index (χ2n) is 4.30. The van der Waals surface area contributed by atoms with Crippen LogP contribution in [0.5, 0.6) is 0 Å². The molecule has 0 heterocycles. The van der Waals surface area contributed by atoms with Gasteiger partial charge in [0.2, 0.25) is 0 Å². The average molecular weight is 226 g/mol. The van der Waals surface area contributed by atoms with E-state index in [0.29, 0.717) is 6.61 Å². The zero-order valence-corrected chi connectivity index (χ0v) is 10.2. The molecule has 0 spiro atoms.